The van der Waals surface area contributed by atoms with Gasteiger partial charge in [0, 0.05) is 30.2 Å². The van der Waals surface area contributed by atoms with Gasteiger partial charge in [-0.1, -0.05) is 24.3 Å². The molecule has 0 amide bonds. The van der Waals surface area contributed by atoms with E-state index in [1.165, 1.54) is 36.8 Å². The quantitative estimate of drug-likeness (QED) is 0.876. The lowest BCUT2D eigenvalue weighted by atomic mass is 10.1. The Morgan fingerprint density at radius 2 is 2.25 bits per heavy atom. The molecule has 106 valence electrons. The van der Waals surface area contributed by atoms with Crippen LogP contribution < -0.4 is 10.6 Å². The molecule has 0 saturated carbocycles. The predicted molar refractivity (Wildman–Crippen MR) is 83.7 cm³/mol. The first-order valence-corrected chi connectivity index (χ1v) is 7.62. The topological polar surface area (TPSA) is 37.0 Å². The molecule has 2 heterocycles. The molecule has 0 radical (unpaired) electrons. The molecule has 1 aliphatic heterocycles. The normalized spacial score (nSPS) is 20.4. The van der Waals surface area contributed by atoms with Crippen LogP contribution in [0.4, 0.5) is 0 Å². The van der Waals surface area contributed by atoms with Crippen LogP contribution in [-0.2, 0) is 6.54 Å². The summed E-state index contributed by atoms with van der Waals surface area (Å²) in [6.45, 7) is 4.35. The van der Waals surface area contributed by atoms with Crippen molar-refractivity contribution in [3.05, 3.63) is 42.1 Å². The van der Waals surface area contributed by atoms with E-state index in [2.05, 4.69) is 46.8 Å². The third kappa shape index (κ3) is 3.17. The first-order chi connectivity index (χ1) is 9.83. The maximum absolute atomic E-state index is 4.51. The maximum Gasteiger partial charge on any atom is 0.0746 e. The van der Waals surface area contributed by atoms with Gasteiger partial charge < -0.3 is 10.6 Å². The van der Waals surface area contributed by atoms with E-state index >= 15 is 0 Å². The highest BCUT2D eigenvalue weighted by atomic mass is 15.0. The molecule has 1 aromatic heterocycles. The summed E-state index contributed by atoms with van der Waals surface area (Å²) in [4.78, 5) is 4.51. The molecule has 0 bridgehead atoms. The average Bonchev–Trinajstić information content (AvgIpc) is 2.98. The van der Waals surface area contributed by atoms with Crippen LogP contribution in [0, 0.1) is 0 Å². The third-order valence-electron chi connectivity index (χ3n) is 4.16. The molecular weight excluding hydrogens is 246 g/mol. The van der Waals surface area contributed by atoms with Gasteiger partial charge >= 0.3 is 0 Å². The highest BCUT2D eigenvalue weighted by Crippen LogP contribution is 2.16. The van der Waals surface area contributed by atoms with E-state index in [1.807, 2.05) is 12.3 Å². The van der Waals surface area contributed by atoms with Crippen LogP contribution in [0.2, 0.25) is 0 Å². The lowest BCUT2D eigenvalue weighted by Crippen LogP contribution is -2.33. The average molecular weight is 269 g/mol. The van der Waals surface area contributed by atoms with Crippen molar-refractivity contribution in [1.82, 2.24) is 15.6 Å². The van der Waals surface area contributed by atoms with Crippen LogP contribution in [0.15, 0.2) is 36.5 Å². The first kappa shape index (κ1) is 13.5. The number of hydrogen-bond acceptors (Lipinski definition) is 3. The molecule has 2 atom stereocenters. The summed E-state index contributed by atoms with van der Waals surface area (Å²) in [7, 11) is 0. The fraction of sp³-hybridized carbons (Fsp3) is 0.471. The Morgan fingerprint density at radius 1 is 1.35 bits per heavy atom. The zero-order chi connectivity index (χ0) is 13.8. The van der Waals surface area contributed by atoms with Crippen molar-refractivity contribution in [3.63, 3.8) is 0 Å². The Morgan fingerprint density at radius 3 is 3.10 bits per heavy atom. The fourth-order valence-electron chi connectivity index (χ4n) is 3.06. The summed E-state index contributed by atoms with van der Waals surface area (Å²) in [5, 5.41) is 8.42. The molecule has 3 rings (SSSR count). The Bertz CT molecular complexity index is 556. The van der Waals surface area contributed by atoms with E-state index < -0.39 is 0 Å². The van der Waals surface area contributed by atoms with Crippen LogP contribution >= 0.6 is 0 Å². The van der Waals surface area contributed by atoms with E-state index in [4.69, 9.17) is 0 Å². The fourth-order valence-corrected chi connectivity index (χ4v) is 3.06. The van der Waals surface area contributed by atoms with Crippen molar-refractivity contribution >= 4 is 10.9 Å². The number of nitrogens with zero attached hydrogens (tertiary/aromatic N) is 1. The lowest BCUT2D eigenvalue weighted by molar-refractivity contribution is 0.440. The van der Waals surface area contributed by atoms with Crippen molar-refractivity contribution < 1.29 is 0 Å². The molecule has 2 N–H and O–H groups in total. The zero-order valence-corrected chi connectivity index (χ0v) is 12.1. The smallest absolute Gasteiger partial charge is 0.0746 e. The molecule has 2 unspecified atom stereocenters. The van der Waals surface area contributed by atoms with Gasteiger partial charge in [-0.3, -0.25) is 4.98 Å². The number of rotatable bonds is 5. The standard InChI is InChI=1S/C17H23N3/c1-13(11-16-8-4-9-18-16)20-12-15-6-2-5-14-7-3-10-19-17(14)15/h2-3,5-7,10,13,16,18,20H,4,8-9,11-12H2,1H3. The molecule has 1 fully saturated rings. The van der Waals surface area contributed by atoms with Crippen molar-refractivity contribution in [2.75, 3.05) is 6.54 Å². The van der Waals surface area contributed by atoms with Gasteiger partial charge in [0.15, 0.2) is 0 Å². The van der Waals surface area contributed by atoms with Gasteiger partial charge in [0.25, 0.3) is 0 Å². The van der Waals surface area contributed by atoms with Gasteiger partial charge in [-0.2, -0.15) is 0 Å². The lowest BCUT2D eigenvalue weighted by Gasteiger charge is -2.18. The molecular formula is C17H23N3. The summed E-state index contributed by atoms with van der Waals surface area (Å²) in [6.07, 6.45) is 5.72. The number of aromatic nitrogens is 1. The Hall–Kier alpha value is -1.45. The predicted octanol–water partition coefficient (Wildman–Crippen LogP) is 2.86. The van der Waals surface area contributed by atoms with Crippen LogP contribution in [0.5, 0.6) is 0 Å². The number of fused-ring (bicyclic) bond motifs is 1. The van der Waals surface area contributed by atoms with Crippen LogP contribution in [0.3, 0.4) is 0 Å². The van der Waals surface area contributed by atoms with Gasteiger partial charge in [0.1, 0.15) is 0 Å². The van der Waals surface area contributed by atoms with Gasteiger partial charge in [0.2, 0.25) is 0 Å². The van der Waals surface area contributed by atoms with Crippen LogP contribution in [0.1, 0.15) is 31.7 Å². The summed E-state index contributed by atoms with van der Waals surface area (Å²) in [5.41, 5.74) is 2.41. The number of hydrogen-bond donors (Lipinski definition) is 2. The van der Waals surface area contributed by atoms with Crippen molar-refractivity contribution in [3.8, 4) is 0 Å². The molecule has 1 aliphatic rings. The Kier molecular flexibility index (Phi) is 4.28. The molecule has 0 spiro atoms. The van der Waals surface area contributed by atoms with Crippen LogP contribution in [0.25, 0.3) is 10.9 Å². The number of para-hydroxylation sites is 1. The summed E-state index contributed by atoms with van der Waals surface area (Å²) in [5.74, 6) is 0. The second-order valence-electron chi connectivity index (χ2n) is 5.80. The minimum atomic E-state index is 0.532. The molecule has 20 heavy (non-hydrogen) atoms. The Labute approximate surface area is 120 Å². The van der Waals surface area contributed by atoms with E-state index in [9.17, 15) is 0 Å². The minimum Gasteiger partial charge on any atom is -0.314 e. The summed E-state index contributed by atoms with van der Waals surface area (Å²) >= 11 is 0. The first-order valence-electron chi connectivity index (χ1n) is 7.62. The van der Waals surface area contributed by atoms with Crippen molar-refractivity contribution in [1.29, 1.82) is 0 Å². The van der Waals surface area contributed by atoms with E-state index in [0.717, 1.165) is 12.1 Å². The SMILES string of the molecule is CC(CC1CCCN1)NCc1cccc2cccnc12. The summed E-state index contributed by atoms with van der Waals surface area (Å²) < 4.78 is 0. The highest BCUT2D eigenvalue weighted by Gasteiger charge is 2.16. The second kappa shape index (κ2) is 6.33. The molecule has 1 saturated heterocycles. The minimum absolute atomic E-state index is 0.532. The van der Waals surface area contributed by atoms with Gasteiger partial charge in [-0.25, -0.2) is 0 Å². The molecule has 1 aromatic carbocycles. The molecule has 2 aromatic rings. The molecule has 3 nitrogen and oxygen atoms in total. The highest BCUT2D eigenvalue weighted by molar-refractivity contribution is 5.81. The molecule has 3 heteroatoms. The second-order valence-corrected chi connectivity index (χ2v) is 5.80. The summed E-state index contributed by atoms with van der Waals surface area (Å²) in [6, 6.07) is 11.8. The maximum atomic E-state index is 4.51. The van der Waals surface area contributed by atoms with Crippen molar-refractivity contribution in [2.45, 2.75) is 44.8 Å². The number of benzene rings is 1. The monoisotopic (exact) mass is 269 g/mol. The zero-order valence-electron chi connectivity index (χ0n) is 12.1. The van der Waals surface area contributed by atoms with Crippen molar-refractivity contribution in [2.24, 2.45) is 0 Å². The van der Waals surface area contributed by atoms with Gasteiger partial charge in [-0.15, -0.1) is 0 Å². The number of nitrogens with one attached hydrogen (secondary N) is 2. The van der Waals surface area contributed by atoms with Crippen LogP contribution in [-0.4, -0.2) is 23.6 Å². The Balaban J connectivity index is 1.61. The molecule has 0 aliphatic carbocycles. The van der Waals surface area contributed by atoms with Gasteiger partial charge in [0.05, 0.1) is 5.52 Å². The third-order valence-corrected chi connectivity index (χ3v) is 4.16. The van der Waals surface area contributed by atoms with Gasteiger partial charge in [-0.05, 0) is 44.4 Å². The van der Waals surface area contributed by atoms with E-state index in [-0.39, 0.29) is 0 Å². The number of pyridine rings is 1. The van der Waals surface area contributed by atoms with E-state index in [1.54, 1.807) is 0 Å². The van der Waals surface area contributed by atoms with E-state index in [0.29, 0.717) is 12.1 Å². The largest absolute Gasteiger partial charge is 0.314 e.